The summed E-state index contributed by atoms with van der Waals surface area (Å²) >= 11 is 0. The molecule has 0 atom stereocenters. The minimum Gasteiger partial charge on any atom is -0.497 e. The second-order valence-corrected chi connectivity index (χ2v) is 4.25. The molecule has 110 valence electrons. The monoisotopic (exact) mass is 293 g/mol. The third-order valence-electron chi connectivity index (χ3n) is 2.99. The quantitative estimate of drug-likeness (QED) is 0.695. The highest BCUT2D eigenvalue weighted by atomic mass is 19.2. The minimum atomic E-state index is -1.14. The maximum Gasteiger partial charge on any atom is 0.199 e. The lowest BCUT2D eigenvalue weighted by Gasteiger charge is -2.11. The highest BCUT2D eigenvalue weighted by Crippen LogP contribution is 2.28. The number of benzene rings is 2. The summed E-state index contributed by atoms with van der Waals surface area (Å²) in [6, 6.07) is 6.15. The van der Waals surface area contributed by atoms with Crippen molar-refractivity contribution in [2.75, 3.05) is 20.0 Å². The van der Waals surface area contributed by atoms with E-state index in [1.165, 1.54) is 20.3 Å². The molecule has 0 fully saturated rings. The van der Waals surface area contributed by atoms with Crippen molar-refractivity contribution in [2.24, 2.45) is 0 Å². The van der Waals surface area contributed by atoms with Gasteiger partial charge in [0.1, 0.15) is 11.5 Å². The Kier molecular flexibility index (Phi) is 4.07. The molecule has 0 aliphatic heterocycles. The fourth-order valence-electron chi connectivity index (χ4n) is 1.90. The topological polar surface area (TPSA) is 61.5 Å². The van der Waals surface area contributed by atoms with E-state index in [0.717, 1.165) is 12.1 Å². The number of carbonyl (C=O) groups is 1. The molecule has 21 heavy (non-hydrogen) atoms. The highest BCUT2D eigenvalue weighted by Gasteiger charge is 2.20. The first-order valence-electron chi connectivity index (χ1n) is 5.99. The van der Waals surface area contributed by atoms with Gasteiger partial charge in [-0.05, 0) is 24.3 Å². The summed E-state index contributed by atoms with van der Waals surface area (Å²) in [5.41, 5.74) is 5.45. The fraction of sp³-hybridized carbons (Fsp3) is 0.133. The molecule has 0 unspecified atom stereocenters. The summed E-state index contributed by atoms with van der Waals surface area (Å²) < 4.78 is 36.5. The predicted octanol–water partition coefficient (Wildman–Crippen LogP) is 2.80. The van der Waals surface area contributed by atoms with Crippen molar-refractivity contribution in [3.63, 3.8) is 0 Å². The molecule has 0 amide bonds. The Morgan fingerprint density at radius 2 is 1.67 bits per heavy atom. The fourth-order valence-corrected chi connectivity index (χ4v) is 1.90. The van der Waals surface area contributed by atoms with Crippen molar-refractivity contribution < 1.29 is 23.0 Å². The van der Waals surface area contributed by atoms with Crippen LogP contribution in [0.25, 0.3) is 0 Å². The predicted molar refractivity (Wildman–Crippen MR) is 73.7 cm³/mol. The van der Waals surface area contributed by atoms with Crippen LogP contribution in [-0.4, -0.2) is 20.0 Å². The first-order valence-corrected chi connectivity index (χ1v) is 5.99. The Morgan fingerprint density at radius 3 is 2.29 bits per heavy atom. The molecule has 0 aliphatic carbocycles. The largest absolute Gasteiger partial charge is 0.497 e. The first kappa shape index (κ1) is 14.8. The van der Waals surface area contributed by atoms with Crippen molar-refractivity contribution in [3.05, 3.63) is 53.1 Å². The van der Waals surface area contributed by atoms with Gasteiger partial charge in [0, 0.05) is 17.3 Å². The molecule has 0 radical (unpaired) electrons. The molecular weight excluding hydrogens is 280 g/mol. The molecular formula is C15H13F2NO3. The number of hydrogen-bond donors (Lipinski definition) is 1. The van der Waals surface area contributed by atoms with Gasteiger partial charge in [0.2, 0.25) is 0 Å². The Bertz CT molecular complexity index is 702. The van der Waals surface area contributed by atoms with Gasteiger partial charge in [0.15, 0.2) is 17.4 Å². The number of nitrogen functional groups attached to an aromatic ring is 1. The molecule has 6 heteroatoms. The zero-order chi connectivity index (χ0) is 15.6. The van der Waals surface area contributed by atoms with E-state index in [1.54, 1.807) is 12.1 Å². The van der Waals surface area contributed by atoms with Crippen molar-refractivity contribution in [1.29, 1.82) is 0 Å². The lowest BCUT2D eigenvalue weighted by molar-refractivity contribution is 0.103. The van der Waals surface area contributed by atoms with E-state index in [-0.39, 0.29) is 22.6 Å². The molecule has 0 saturated carbocycles. The van der Waals surface area contributed by atoms with Crippen LogP contribution in [0.1, 0.15) is 15.9 Å². The van der Waals surface area contributed by atoms with Gasteiger partial charge >= 0.3 is 0 Å². The van der Waals surface area contributed by atoms with E-state index in [4.69, 9.17) is 15.2 Å². The van der Waals surface area contributed by atoms with Gasteiger partial charge in [0.05, 0.1) is 19.8 Å². The zero-order valence-corrected chi connectivity index (χ0v) is 11.4. The van der Waals surface area contributed by atoms with Crippen molar-refractivity contribution in [3.8, 4) is 11.5 Å². The normalized spacial score (nSPS) is 10.3. The third-order valence-corrected chi connectivity index (χ3v) is 2.99. The molecule has 0 spiro atoms. The standard InChI is InChI=1S/C15H13F2NO3/c1-20-8-3-4-14(21-2)10(5-8)15(19)9-6-11(16)12(17)7-13(9)18/h3-7H,18H2,1-2H3. The minimum absolute atomic E-state index is 0.138. The van der Waals surface area contributed by atoms with Crippen LogP contribution >= 0.6 is 0 Å². The number of rotatable bonds is 4. The van der Waals surface area contributed by atoms with Gasteiger partial charge in [-0.25, -0.2) is 8.78 Å². The van der Waals surface area contributed by atoms with Gasteiger partial charge < -0.3 is 15.2 Å². The number of hydrogen-bond acceptors (Lipinski definition) is 4. The summed E-state index contributed by atoms with van der Waals surface area (Å²) in [6.45, 7) is 0. The van der Waals surface area contributed by atoms with Gasteiger partial charge in [-0.2, -0.15) is 0 Å². The van der Waals surface area contributed by atoms with Crippen LogP contribution in [0.5, 0.6) is 11.5 Å². The van der Waals surface area contributed by atoms with Crippen molar-refractivity contribution in [1.82, 2.24) is 0 Å². The highest BCUT2D eigenvalue weighted by molar-refractivity contribution is 6.13. The van der Waals surface area contributed by atoms with E-state index >= 15 is 0 Å². The van der Waals surface area contributed by atoms with E-state index < -0.39 is 17.4 Å². The summed E-state index contributed by atoms with van der Waals surface area (Å²) in [5.74, 6) is -2.12. The molecule has 0 aromatic heterocycles. The van der Waals surface area contributed by atoms with Crippen LogP contribution in [-0.2, 0) is 0 Å². The van der Waals surface area contributed by atoms with Crippen molar-refractivity contribution >= 4 is 11.5 Å². The maximum absolute atomic E-state index is 13.3. The van der Waals surface area contributed by atoms with Gasteiger partial charge in [-0.3, -0.25) is 4.79 Å². The molecule has 4 nitrogen and oxygen atoms in total. The van der Waals surface area contributed by atoms with Crippen LogP contribution in [0.4, 0.5) is 14.5 Å². The van der Waals surface area contributed by atoms with Gasteiger partial charge in [0.25, 0.3) is 0 Å². The van der Waals surface area contributed by atoms with Crippen LogP contribution in [0.15, 0.2) is 30.3 Å². The molecule has 2 aromatic rings. The summed E-state index contributed by atoms with van der Waals surface area (Å²) in [4.78, 5) is 12.5. The number of methoxy groups -OCH3 is 2. The number of anilines is 1. The molecule has 0 heterocycles. The SMILES string of the molecule is COc1ccc(OC)c(C(=O)c2cc(F)c(F)cc2N)c1. The maximum atomic E-state index is 13.3. The number of nitrogens with two attached hydrogens (primary N) is 1. The molecule has 2 rings (SSSR count). The van der Waals surface area contributed by atoms with Crippen LogP contribution in [0.3, 0.4) is 0 Å². The summed E-state index contributed by atoms with van der Waals surface area (Å²) in [7, 11) is 2.84. The van der Waals surface area contributed by atoms with Crippen LogP contribution in [0.2, 0.25) is 0 Å². The molecule has 0 bridgehead atoms. The zero-order valence-electron chi connectivity index (χ0n) is 11.4. The Morgan fingerprint density at radius 1 is 1.00 bits per heavy atom. The van der Waals surface area contributed by atoms with Crippen LogP contribution in [0, 0.1) is 11.6 Å². The Labute approximate surface area is 120 Å². The molecule has 2 N–H and O–H groups in total. The number of halogens is 2. The smallest absolute Gasteiger partial charge is 0.199 e. The Hall–Kier alpha value is -2.63. The lowest BCUT2D eigenvalue weighted by atomic mass is 10.0. The van der Waals surface area contributed by atoms with Crippen LogP contribution < -0.4 is 15.2 Å². The van der Waals surface area contributed by atoms with Gasteiger partial charge in [-0.15, -0.1) is 0 Å². The van der Waals surface area contributed by atoms with E-state index in [0.29, 0.717) is 5.75 Å². The number of ether oxygens (including phenoxy) is 2. The first-order chi connectivity index (χ1) is 9.97. The molecule has 2 aromatic carbocycles. The average Bonchev–Trinajstić information content (AvgIpc) is 2.49. The van der Waals surface area contributed by atoms with E-state index in [9.17, 15) is 13.6 Å². The average molecular weight is 293 g/mol. The second kappa shape index (κ2) is 5.78. The van der Waals surface area contributed by atoms with Gasteiger partial charge in [-0.1, -0.05) is 0 Å². The summed E-state index contributed by atoms with van der Waals surface area (Å²) in [5, 5.41) is 0. The molecule has 0 aliphatic rings. The Balaban J connectivity index is 2.56. The lowest BCUT2D eigenvalue weighted by Crippen LogP contribution is -2.09. The number of carbonyl (C=O) groups excluding carboxylic acids is 1. The van der Waals surface area contributed by atoms with E-state index in [1.807, 2.05) is 0 Å². The van der Waals surface area contributed by atoms with Crippen molar-refractivity contribution in [2.45, 2.75) is 0 Å². The van der Waals surface area contributed by atoms with E-state index in [2.05, 4.69) is 0 Å². The second-order valence-electron chi connectivity index (χ2n) is 4.25. The number of ketones is 1. The summed E-state index contributed by atoms with van der Waals surface area (Å²) in [6.07, 6.45) is 0. The third kappa shape index (κ3) is 2.79. The molecule has 0 saturated heterocycles.